The molecule has 1 fully saturated rings. The lowest BCUT2D eigenvalue weighted by Gasteiger charge is -2.24. The van der Waals surface area contributed by atoms with Gasteiger partial charge in [-0.1, -0.05) is 29.8 Å². The first-order valence-electron chi connectivity index (χ1n) is 10.8. The maximum atomic E-state index is 12.9. The Morgan fingerprint density at radius 3 is 3.03 bits per heavy atom. The first kappa shape index (κ1) is 20.6. The minimum Gasteiger partial charge on any atom is -0.361 e. The molecule has 0 aliphatic carbocycles. The van der Waals surface area contributed by atoms with E-state index in [0.29, 0.717) is 37.5 Å². The third-order valence-corrected chi connectivity index (χ3v) is 6.33. The van der Waals surface area contributed by atoms with Gasteiger partial charge in [0.05, 0.1) is 11.7 Å². The van der Waals surface area contributed by atoms with E-state index in [1.807, 2.05) is 59.5 Å². The van der Waals surface area contributed by atoms with Crippen LogP contribution >= 0.6 is 11.6 Å². The summed E-state index contributed by atoms with van der Waals surface area (Å²) in [5.74, 6) is -0.0700. The van der Waals surface area contributed by atoms with Crippen molar-refractivity contribution >= 4 is 45.2 Å². The highest BCUT2D eigenvalue weighted by molar-refractivity contribution is 6.31. The van der Waals surface area contributed by atoms with E-state index < -0.39 is 6.04 Å². The number of aromatic nitrogens is 3. The maximum Gasteiger partial charge on any atom is 0.242 e. The number of para-hydroxylation sites is 1. The second-order valence-corrected chi connectivity index (χ2v) is 8.59. The second kappa shape index (κ2) is 8.67. The minimum absolute atomic E-state index is 0.0234. The molecule has 3 heterocycles. The molecule has 32 heavy (non-hydrogen) atoms. The van der Waals surface area contributed by atoms with Crippen LogP contribution in [-0.2, 0) is 22.7 Å². The summed E-state index contributed by atoms with van der Waals surface area (Å²) in [6, 6.07) is 13.3. The fourth-order valence-corrected chi connectivity index (χ4v) is 4.60. The number of carbonyl (C=O) groups is 2. The number of aromatic amines is 1. The molecule has 2 aromatic heterocycles. The number of hydrogen-bond donors (Lipinski definition) is 2. The Morgan fingerprint density at radius 1 is 1.25 bits per heavy atom. The van der Waals surface area contributed by atoms with Crippen molar-refractivity contribution in [3.63, 3.8) is 0 Å². The average molecular weight is 450 g/mol. The zero-order valence-electron chi connectivity index (χ0n) is 17.6. The van der Waals surface area contributed by atoms with Gasteiger partial charge in [0.15, 0.2) is 0 Å². The first-order chi connectivity index (χ1) is 15.6. The molecule has 0 radical (unpaired) electrons. The lowest BCUT2D eigenvalue weighted by molar-refractivity contribution is -0.135. The monoisotopic (exact) mass is 449 g/mol. The molecule has 1 saturated heterocycles. The number of nitrogens with zero attached hydrogens (tertiary/aromatic N) is 3. The third kappa shape index (κ3) is 3.96. The standard InChI is InChI=1S/C24H24ClN5O2/c25-18-7-6-16-14-28-30(22(16)12-18)11-3-10-26-24(32)21-8-9-23(31)29(21)15-17-13-27-20-5-2-1-4-19(17)20/h1-2,4-7,12-14,21,27H,3,8-11,15H2,(H,26,32). The Hall–Kier alpha value is -3.32. The number of carbonyl (C=O) groups excluding carboxylic acids is 2. The van der Waals surface area contributed by atoms with Gasteiger partial charge in [0, 0.05) is 53.6 Å². The zero-order chi connectivity index (χ0) is 22.1. The molecular formula is C24H24ClN5O2. The lowest BCUT2D eigenvalue weighted by atomic mass is 10.1. The predicted octanol–water partition coefficient (Wildman–Crippen LogP) is 3.87. The molecule has 5 rings (SSSR count). The van der Waals surface area contributed by atoms with Crippen molar-refractivity contribution in [2.24, 2.45) is 0 Å². The summed E-state index contributed by atoms with van der Waals surface area (Å²) >= 11 is 6.10. The van der Waals surface area contributed by atoms with Crippen LogP contribution in [0.25, 0.3) is 21.8 Å². The van der Waals surface area contributed by atoms with Gasteiger partial charge in [-0.15, -0.1) is 0 Å². The molecule has 1 unspecified atom stereocenters. The number of amides is 2. The normalized spacial score (nSPS) is 16.3. The number of halogens is 1. The smallest absolute Gasteiger partial charge is 0.242 e. The lowest BCUT2D eigenvalue weighted by Crippen LogP contribution is -2.44. The van der Waals surface area contributed by atoms with Gasteiger partial charge in [-0.2, -0.15) is 5.10 Å². The number of benzene rings is 2. The van der Waals surface area contributed by atoms with Gasteiger partial charge in [0.25, 0.3) is 0 Å². The van der Waals surface area contributed by atoms with E-state index in [1.165, 1.54) is 0 Å². The molecule has 1 aliphatic rings. The number of fused-ring (bicyclic) bond motifs is 2. The Bertz CT molecular complexity index is 1290. The van der Waals surface area contributed by atoms with Gasteiger partial charge >= 0.3 is 0 Å². The van der Waals surface area contributed by atoms with Crippen LogP contribution in [0, 0.1) is 0 Å². The van der Waals surface area contributed by atoms with E-state index in [9.17, 15) is 9.59 Å². The molecule has 7 nitrogen and oxygen atoms in total. The van der Waals surface area contributed by atoms with Gasteiger partial charge in [-0.05, 0) is 42.7 Å². The molecule has 0 saturated carbocycles. The van der Waals surface area contributed by atoms with Crippen LogP contribution < -0.4 is 5.32 Å². The number of H-pyrrole nitrogens is 1. The van der Waals surface area contributed by atoms with Crippen LogP contribution in [0.3, 0.4) is 0 Å². The summed E-state index contributed by atoms with van der Waals surface area (Å²) in [7, 11) is 0. The molecule has 164 valence electrons. The summed E-state index contributed by atoms with van der Waals surface area (Å²) < 4.78 is 1.90. The third-order valence-electron chi connectivity index (χ3n) is 6.10. The van der Waals surface area contributed by atoms with E-state index in [4.69, 9.17) is 11.6 Å². The van der Waals surface area contributed by atoms with Gasteiger partial charge in [-0.25, -0.2) is 0 Å². The SMILES string of the molecule is O=C(NCCCn1ncc2ccc(Cl)cc21)C1CCC(=O)N1Cc1c[nH]c2ccccc12. The summed E-state index contributed by atoms with van der Waals surface area (Å²) in [6.07, 6.45) is 5.43. The molecule has 2 amide bonds. The van der Waals surface area contributed by atoms with Crippen LogP contribution in [0.15, 0.2) is 54.9 Å². The van der Waals surface area contributed by atoms with E-state index in [2.05, 4.69) is 15.4 Å². The van der Waals surface area contributed by atoms with E-state index in [0.717, 1.165) is 33.8 Å². The predicted molar refractivity (Wildman–Crippen MR) is 124 cm³/mol. The summed E-state index contributed by atoms with van der Waals surface area (Å²) in [6.45, 7) is 1.63. The molecule has 1 aliphatic heterocycles. The number of likely N-dealkylation sites (tertiary alicyclic amines) is 1. The van der Waals surface area contributed by atoms with Crippen LogP contribution in [0.2, 0.25) is 5.02 Å². The molecular weight excluding hydrogens is 426 g/mol. The summed E-state index contributed by atoms with van der Waals surface area (Å²) in [5, 5.41) is 10.2. The minimum atomic E-state index is -0.430. The second-order valence-electron chi connectivity index (χ2n) is 8.15. The van der Waals surface area contributed by atoms with Crippen molar-refractivity contribution in [1.29, 1.82) is 0 Å². The van der Waals surface area contributed by atoms with Crippen molar-refractivity contribution in [1.82, 2.24) is 25.0 Å². The molecule has 0 bridgehead atoms. The fourth-order valence-electron chi connectivity index (χ4n) is 4.43. The fraction of sp³-hybridized carbons (Fsp3) is 0.292. The average Bonchev–Trinajstić information content (AvgIpc) is 3.49. The molecule has 0 spiro atoms. The topological polar surface area (TPSA) is 83.0 Å². The van der Waals surface area contributed by atoms with Gasteiger partial charge in [0.2, 0.25) is 11.8 Å². The Balaban J connectivity index is 1.19. The van der Waals surface area contributed by atoms with Crippen molar-refractivity contribution < 1.29 is 9.59 Å². The van der Waals surface area contributed by atoms with Crippen molar-refractivity contribution in [2.75, 3.05) is 6.54 Å². The maximum absolute atomic E-state index is 12.9. The first-order valence-corrected chi connectivity index (χ1v) is 11.2. The Labute approximate surface area is 190 Å². The quantitative estimate of drug-likeness (QED) is 0.420. The van der Waals surface area contributed by atoms with Crippen molar-refractivity contribution in [3.05, 3.63) is 65.4 Å². The number of rotatable bonds is 7. The molecule has 8 heteroatoms. The molecule has 2 aromatic carbocycles. The molecule has 2 N–H and O–H groups in total. The highest BCUT2D eigenvalue weighted by Gasteiger charge is 2.36. The van der Waals surface area contributed by atoms with Gasteiger partial charge < -0.3 is 15.2 Å². The van der Waals surface area contributed by atoms with Crippen molar-refractivity contribution in [2.45, 2.75) is 38.4 Å². The summed E-state index contributed by atoms with van der Waals surface area (Å²) in [5.41, 5.74) is 3.04. The highest BCUT2D eigenvalue weighted by atomic mass is 35.5. The van der Waals surface area contributed by atoms with Gasteiger partial charge in [-0.3, -0.25) is 14.3 Å². The van der Waals surface area contributed by atoms with Crippen LogP contribution in [0.4, 0.5) is 0 Å². The summed E-state index contributed by atoms with van der Waals surface area (Å²) in [4.78, 5) is 30.3. The van der Waals surface area contributed by atoms with Gasteiger partial charge in [0.1, 0.15) is 6.04 Å². The number of hydrogen-bond acceptors (Lipinski definition) is 3. The molecule has 1 atom stereocenters. The number of nitrogens with one attached hydrogen (secondary N) is 2. The van der Waals surface area contributed by atoms with Crippen LogP contribution in [0.1, 0.15) is 24.8 Å². The van der Waals surface area contributed by atoms with Crippen molar-refractivity contribution in [3.8, 4) is 0 Å². The Kier molecular flexibility index (Phi) is 5.57. The number of aryl methyl sites for hydroxylation is 1. The van der Waals surface area contributed by atoms with E-state index >= 15 is 0 Å². The highest BCUT2D eigenvalue weighted by Crippen LogP contribution is 2.25. The largest absolute Gasteiger partial charge is 0.361 e. The molecule has 4 aromatic rings. The Morgan fingerprint density at radius 2 is 2.12 bits per heavy atom. The van der Waals surface area contributed by atoms with Crippen LogP contribution in [0.5, 0.6) is 0 Å². The zero-order valence-corrected chi connectivity index (χ0v) is 18.3. The van der Waals surface area contributed by atoms with E-state index in [-0.39, 0.29) is 11.8 Å². The van der Waals surface area contributed by atoms with E-state index in [1.54, 1.807) is 4.90 Å². The van der Waals surface area contributed by atoms with Crippen LogP contribution in [-0.4, -0.2) is 44.1 Å².